The molecule has 0 heterocycles. The van der Waals surface area contributed by atoms with E-state index >= 15 is 0 Å². The van der Waals surface area contributed by atoms with Gasteiger partial charge in [0.2, 0.25) is 6.41 Å². The van der Waals surface area contributed by atoms with Crippen molar-refractivity contribution in [3.63, 3.8) is 0 Å². The van der Waals surface area contributed by atoms with Crippen molar-refractivity contribution in [2.75, 3.05) is 0 Å². The summed E-state index contributed by atoms with van der Waals surface area (Å²) in [4.78, 5) is 18.4. The third kappa shape index (κ3) is 8.86. The molecule has 6 heteroatoms. The summed E-state index contributed by atoms with van der Waals surface area (Å²) < 4.78 is 0. The van der Waals surface area contributed by atoms with Crippen LogP contribution in [0.25, 0.3) is 0 Å². The van der Waals surface area contributed by atoms with Crippen molar-refractivity contribution >= 4 is 12.4 Å². The van der Waals surface area contributed by atoms with Gasteiger partial charge in [0.25, 0.3) is 0 Å². The fourth-order valence-corrected chi connectivity index (χ4v) is 0.206. The first-order chi connectivity index (χ1) is 4.97. The molecule has 0 aromatic rings. The van der Waals surface area contributed by atoms with Crippen LogP contribution < -0.4 is 11.5 Å². The summed E-state index contributed by atoms with van der Waals surface area (Å²) in [6.07, 6.45) is -0.729. The molecule has 0 rings (SSSR count). The average molecular weight is 164 g/mol. The molecule has 0 unspecified atom stereocenters. The van der Waals surface area contributed by atoms with Crippen LogP contribution in [0.15, 0.2) is 0 Å². The number of aliphatic carboxylic acids is 1. The lowest BCUT2D eigenvalue weighted by Gasteiger charge is -2.06. The highest BCUT2D eigenvalue weighted by atomic mass is 16.4. The van der Waals surface area contributed by atoms with E-state index in [1.807, 2.05) is 0 Å². The highest BCUT2D eigenvalue weighted by Gasteiger charge is 2.16. The van der Waals surface area contributed by atoms with E-state index in [9.17, 15) is 4.79 Å². The zero-order valence-electron chi connectivity index (χ0n) is 6.10. The number of nitrogens with two attached hydrogens (primary N) is 2. The summed E-state index contributed by atoms with van der Waals surface area (Å²) in [5, 5.41) is 16.6. The van der Waals surface area contributed by atoms with Gasteiger partial charge in [-0.25, -0.2) is 0 Å². The molecule has 6 N–H and O–H groups in total. The molecule has 0 aliphatic heterocycles. The van der Waals surface area contributed by atoms with Gasteiger partial charge in [0.1, 0.15) is 6.04 Å². The molecule has 66 valence electrons. The number of aliphatic hydroxyl groups excluding tert-OH is 1. The lowest BCUT2D eigenvalue weighted by molar-refractivity contribution is -0.140. The number of hydrogen-bond donors (Lipinski definition) is 4. The van der Waals surface area contributed by atoms with Crippen LogP contribution in [0, 0.1) is 0 Å². The third-order valence-corrected chi connectivity index (χ3v) is 0.805. The molecule has 0 aliphatic carbocycles. The van der Waals surface area contributed by atoms with Crippen LogP contribution >= 0.6 is 0 Å². The van der Waals surface area contributed by atoms with Gasteiger partial charge in [0, 0.05) is 0 Å². The maximum Gasteiger partial charge on any atom is 0.323 e. The number of hydrogen-bond acceptors (Lipinski definition) is 4. The Bertz CT molecular complexity index is 126. The van der Waals surface area contributed by atoms with E-state index in [1.165, 1.54) is 6.92 Å². The SMILES string of the molecule is C[C@@H](O)[C@H](N)C(=O)O.NC=O. The first-order valence-corrected chi connectivity index (χ1v) is 2.79. The minimum absolute atomic E-state index is 0.250. The van der Waals surface area contributed by atoms with E-state index in [1.54, 1.807) is 0 Å². The van der Waals surface area contributed by atoms with E-state index < -0.39 is 18.1 Å². The monoisotopic (exact) mass is 164 g/mol. The van der Waals surface area contributed by atoms with Crippen LogP contribution in [0.2, 0.25) is 0 Å². The molecule has 0 saturated heterocycles. The third-order valence-electron chi connectivity index (χ3n) is 0.805. The molecule has 0 saturated carbocycles. The molecule has 0 fully saturated rings. The van der Waals surface area contributed by atoms with Crippen molar-refractivity contribution in [1.82, 2.24) is 0 Å². The van der Waals surface area contributed by atoms with Crippen molar-refractivity contribution < 1.29 is 19.8 Å². The normalized spacial score (nSPS) is 13.7. The lowest BCUT2D eigenvalue weighted by atomic mass is 10.2. The molecular formula is C5H12N2O4. The summed E-state index contributed by atoms with van der Waals surface area (Å²) in [6.45, 7) is 1.33. The fourth-order valence-electron chi connectivity index (χ4n) is 0.206. The Kier molecular flexibility index (Phi) is 7.94. The summed E-state index contributed by atoms with van der Waals surface area (Å²) in [6, 6.07) is -1.16. The average Bonchev–Trinajstić information content (AvgIpc) is 1.87. The predicted octanol–water partition coefficient (Wildman–Crippen LogP) is -2.12. The molecule has 0 bridgehead atoms. The number of carboxylic acid groups (broad SMARTS) is 1. The summed E-state index contributed by atoms with van der Waals surface area (Å²) in [5.74, 6) is -1.18. The second-order valence-corrected chi connectivity index (χ2v) is 1.74. The van der Waals surface area contributed by atoms with Gasteiger partial charge in [-0.15, -0.1) is 0 Å². The maximum absolute atomic E-state index is 9.86. The Morgan fingerprint density at radius 1 is 1.64 bits per heavy atom. The number of carboxylic acids is 1. The second kappa shape index (κ2) is 6.97. The number of aliphatic hydroxyl groups is 1. The highest BCUT2D eigenvalue weighted by Crippen LogP contribution is 1.85. The molecule has 0 aromatic heterocycles. The largest absolute Gasteiger partial charge is 0.480 e. The standard InChI is InChI=1S/C4H9NO3.CH3NO/c1-2(6)3(5)4(7)8;2-1-3/h2-3,6H,5H2,1H3,(H,7,8);1H,(H2,2,3)/t2-,3+;/m1./s1. The van der Waals surface area contributed by atoms with Gasteiger partial charge < -0.3 is 21.7 Å². The van der Waals surface area contributed by atoms with E-state index in [-0.39, 0.29) is 6.41 Å². The van der Waals surface area contributed by atoms with Crippen LogP contribution in [-0.2, 0) is 9.59 Å². The summed E-state index contributed by atoms with van der Waals surface area (Å²) >= 11 is 0. The first-order valence-electron chi connectivity index (χ1n) is 2.79. The van der Waals surface area contributed by atoms with Gasteiger partial charge in [-0.05, 0) is 6.92 Å². The summed E-state index contributed by atoms with van der Waals surface area (Å²) in [5.41, 5.74) is 9.08. The maximum atomic E-state index is 9.86. The lowest BCUT2D eigenvalue weighted by Crippen LogP contribution is -2.39. The Hall–Kier alpha value is -1.14. The molecule has 0 radical (unpaired) electrons. The van der Waals surface area contributed by atoms with Gasteiger partial charge >= 0.3 is 5.97 Å². The van der Waals surface area contributed by atoms with Crippen LogP contribution in [-0.4, -0.2) is 34.7 Å². The Labute approximate surface area is 63.8 Å². The summed E-state index contributed by atoms with van der Waals surface area (Å²) in [7, 11) is 0. The fraction of sp³-hybridized carbons (Fsp3) is 0.600. The smallest absolute Gasteiger partial charge is 0.323 e. The molecule has 0 aromatic carbocycles. The van der Waals surface area contributed by atoms with E-state index in [0.29, 0.717) is 0 Å². The molecule has 6 nitrogen and oxygen atoms in total. The number of carbonyl (C=O) groups is 2. The van der Waals surface area contributed by atoms with E-state index in [0.717, 1.165) is 0 Å². The van der Waals surface area contributed by atoms with Crippen molar-refractivity contribution in [2.45, 2.75) is 19.1 Å². The van der Waals surface area contributed by atoms with Gasteiger partial charge in [0.15, 0.2) is 0 Å². The molecule has 2 atom stereocenters. The molecule has 0 aliphatic rings. The Morgan fingerprint density at radius 3 is 1.91 bits per heavy atom. The van der Waals surface area contributed by atoms with E-state index in [2.05, 4.69) is 5.73 Å². The van der Waals surface area contributed by atoms with Crippen molar-refractivity contribution in [2.24, 2.45) is 11.5 Å². The van der Waals surface area contributed by atoms with Crippen molar-refractivity contribution in [3.8, 4) is 0 Å². The van der Waals surface area contributed by atoms with Crippen molar-refractivity contribution in [1.29, 1.82) is 0 Å². The Balaban J connectivity index is 0. The number of amides is 1. The predicted molar refractivity (Wildman–Crippen MR) is 37.5 cm³/mol. The van der Waals surface area contributed by atoms with E-state index in [4.69, 9.17) is 20.7 Å². The first kappa shape index (κ1) is 12.5. The van der Waals surface area contributed by atoms with Gasteiger partial charge in [0.05, 0.1) is 6.10 Å². The van der Waals surface area contributed by atoms with Crippen LogP contribution in [0.3, 0.4) is 0 Å². The zero-order valence-corrected chi connectivity index (χ0v) is 6.10. The van der Waals surface area contributed by atoms with Gasteiger partial charge in [-0.2, -0.15) is 0 Å². The number of rotatable bonds is 2. The van der Waals surface area contributed by atoms with Gasteiger partial charge in [-0.1, -0.05) is 0 Å². The molecule has 1 amide bonds. The molecular weight excluding hydrogens is 152 g/mol. The van der Waals surface area contributed by atoms with Gasteiger partial charge in [-0.3, -0.25) is 9.59 Å². The highest BCUT2D eigenvalue weighted by molar-refractivity contribution is 5.73. The van der Waals surface area contributed by atoms with Crippen LogP contribution in [0.4, 0.5) is 0 Å². The second-order valence-electron chi connectivity index (χ2n) is 1.74. The minimum Gasteiger partial charge on any atom is -0.480 e. The minimum atomic E-state index is -1.18. The van der Waals surface area contributed by atoms with Crippen LogP contribution in [0.5, 0.6) is 0 Å². The molecule has 11 heavy (non-hydrogen) atoms. The topological polar surface area (TPSA) is 127 Å². The van der Waals surface area contributed by atoms with Crippen molar-refractivity contribution in [3.05, 3.63) is 0 Å². The Morgan fingerprint density at radius 2 is 1.91 bits per heavy atom. The number of primary amides is 1. The van der Waals surface area contributed by atoms with Crippen LogP contribution in [0.1, 0.15) is 6.92 Å². The molecule has 0 spiro atoms. The quantitative estimate of drug-likeness (QED) is 0.347. The zero-order chi connectivity index (χ0) is 9.44. The number of carbonyl (C=O) groups excluding carboxylic acids is 1.